The van der Waals surface area contributed by atoms with Crippen LogP contribution < -0.4 is 5.32 Å². The van der Waals surface area contributed by atoms with Crippen LogP contribution in [-0.2, 0) is 0 Å². The lowest BCUT2D eigenvalue weighted by Crippen LogP contribution is -2.32. The summed E-state index contributed by atoms with van der Waals surface area (Å²) in [5, 5.41) is 21.4. The van der Waals surface area contributed by atoms with Gasteiger partial charge in [-0.3, -0.25) is 5.10 Å². The number of H-pyrrole nitrogens is 1. The minimum Gasteiger partial charge on any atom is -0.465 e. The molecule has 2 aliphatic carbocycles. The van der Waals surface area contributed by atoms with E-state index in [1.165, 1.54) is 42.5 Å². The molecule has 33 heavy (non-hydrogen) atoms. The van der Waals surface area contributed by atoms with E-state index in [9.17, 15) is 4.79 Å². The van der Waals surface area contributed by atoms with Crippen molar-refractivity contribution in [1.82, 2.24) is 30.3 Å². The maximum absolute atomic E-state index is 9.94. The van der Waals surface area contributed by atoms with Gasteiger partial charge in [-0.05, 0) is 61.4 Å². The molecule has 0 atom stereocenters. The first-order chi connectivity index (χ1) is 16.0. The van der Waals surface area contributed by atoms with Crippen LogP contribution in [0.4, 0.5) is 4.79 Å². The molecule has 0 radical (unpaired) electrons. The number of hydrogen-bond donors (Lipinski definition) is 3. The van der Waals surface area contributed by atoms with Gasteiger partial charge in [0.15, 0.2) is 0 Å². The van der Waals surface area contributed by atoms with Crippen molar-refractivity contribution in [2.24, 2.45) is 0 Å². The third-order valence-corrected chi connectivity index (χ3v) is 6.63. The van der Waals surface area contributed by atoms with E-state index in [0.717, 1.165) is 29.4 Å². The number of aromatic amines is 1. The molecule has 8 nitrogen and oxygen atoms in total. The summed E-state index contributed by atoms with van der Waals surface area (Å²) in [6.45, 7) is 1.90. The minimum atomic E-state index is -0.912. The van der Waals surface area contributed by atoms with E-state index in [2.05, 4.69) is 66.7 Å². The Kier molecular flexibility index (Phi) is 5.58. The average molecular weight is 445 g/mol. The van der Waals surface area contributed by atoms with Gasteiger partial charge in [-0.25, -0.2) is 9.78 Å². The fourth-order valence-electron chi connectivity index (χ4n) is 4.43. The second kappa shape index (κ2) is 8.69. The van der Waals surface area contributed by atoms with Crippen LogP contribution in [0.3, 0.4) is 0 Å². The zero-order valence-electron chi connectivity index (χ0n) is 18.7. The Morgan fingerprint density at radius 1 is 1.09 bits per heavy atom. The number of amides is 1. The van der Waals surface area contributed by atoms with Crippen LogP contribution in [-0.4, -0.2) is 41.7 Å². The second-order valence-corrected chi connectivity index (χ2v) is 9.24. The Morgan fingerprint density at radius 2 is 1.79 bits per heavy atom. The Balaban J connectivity index is 0.000000243. The number of aromatic nitrogens is 5. The van der Waals surface area contributed by atoms with Crippen molar-refractivity contribution in [3.05, 3.63) is 55.0 Å². The highest BCUT2D eigenvalue weighted by Crippen LogP contribution is 2.35. The lowest BCUT2D eigenvalue weighted by atomic mass is 10.0. The van der Waals surface area contributed by atoms with Gasteiger partial charge in [0, 0.05) is 11.6 Å². The second-order valence-electron chi connectivity index (χ2n) is 9.24. The summed E-state index contributed by atoms with van der Waals surface area (Å²) in [6, 6.07) is 15.5. The van der Waals surface area contributed by atoms with Crippen LogP contribution in [0.1, 0.15) is 51.5 Å². The van der Waals surface area contributed by atoms with E-state index < -0.39 is 6.09 Å². The SMILES string of the molecule is CC1(NC(=O)O)CC1.c1cc(-c2cncn2C2CCCC2)ccc1-c1ccc2[nH]nnc2c1. The molecule has 2 aliphatic rings. The van der Waals surface area contributed by atoms with E-state index in [1.807, 2.05) is 25.5 Å². The summed E-state index contributed by atoms with van der Waals surface area (Å²) >= 11 is 0. The summed E-state index contributed by atoms with van der Waals surface area (Å²) in [4.78, 5) is 14.3. The van der Waals surface area contributed by atoms with Crippen LogP contribution in [0.15, 0.2) is 55.0 Å². The van der Waals surface area contributed by atoms with Crippen LogP contribution in [0.2, 0.25) is 0 Å². The van der Waals surface area contributed by atoms with E-state index in [4.69, 9.17) is 5.11 Å². The number of nitrogens with one attached hydrogen (secondary N) is 2. The van der Waals surface area contributed by atoms with Gasteiger partial charge < -0.3 is 15.0 Å². The fraction of sp³-hybridized carbons (Fsp3) is 0.360. The average Bonchev–Trinajstić information content (AvgIpc) is 3.32. The maximum Gasteiger partial charge on any atom is 0.405 e. The molecule has 0 aliphatic heterocycles. The first kappa shape index (κ1) is 21.2. The van der Waals surface area contributed by atoms with E-state index in [0.29, 0.717) is 6.04 Å². The smallest absolute Gasteiger partial charge is 0.405 e. The first-order valence-corrected chi connectivity index (χ1v) is 11.5. The van der Waals surface area contributed by atoms with E-state index in [1.54, 1.807) is 0 Å². The van der Waals surface area contributed by atoms with Crippen molar-refractivity contribution < 1.29 is 9.90 Å². The topological polar surface area (TPSA) is 109 Å². The van der Waals surface area contributed by atoms with Crippen molar-refractivity contribution in [2.75, 3.05) is 0 Å². The van der Waals surface area contributed by atoms with E-state index >= 15 is 0 Å². The Bertz CT molecular complexity index is 1250. The maximum atomic E-state index is 9.94. The quantitative estimate of drug-likeness (QED) is 0.390. The lowest BCUT2D eigenvalue weighted by Gasteiger charge is -2.15. The van der Waals surface area contributed by atoms with Crippen molar-refractivity contribution >= 4 is 17.1 Å². The predicted molar refractivity (Wildman–Crippen MR) is 127 cm³/mol. The fourth-order valence-corrected chi connectivity index (χ4v) is 4.43. The van der Waals surface area contributed by atoms with Gasteiger partial charge in [0.2, 0.25) is 0 Å². The molecule has 6 rings (SSSR count). The van der Waals surface area contributed by atoms with Crippen LogP contribution in [0, 0.1) is 0 Å². The number of nitrogens with zero attached hydrogens (tertiary/aromatic N) is 4. The molecule has 0 bridgehead atoms. The molecule has 0 spiro atoms. The van der Waals surface area contributed by atoms with Gasteiger partial charge in [-0.2, -0.15) is 0 Å². The molecular formula is C25H28N6O2. The molecule has 4 aromatic rings. The minimum absolute atomic E-state index is 0.0775. The Morgan fingerprint density at radius 3 is 2.45 bits per heavy atom. The number of hydrogen-bond acceptors (Lipinski definition) is 4. The lowest BCUT2D eigenvalue weighted by molar-refractivity contribution is 0.189. The molecule has 2 fully saturated rings. The summed E-state index contributed by atoms with van der Waals surface area (Å²) in [5.74, 6) is 0. The van der Waals surface area contributed by atoms with Gasteiger partial charge >= 0.3 is 6.09 Å². The summed E-state index contributed by atoms with van der Waals surface area (Å²) in [5.41, 5.74) is 6.53. The molecule has 0 saturated heterocycles. The molecule has 8 heteroatoms. The molecule has 2 heterocycles. The highest BCUT2D eigenvalue weighted by molar-refractivity contribution is 5.81. The van der Waals surface area contributed by atoms with Crippen molar-refractivity contribution in [3.63, 3.8) is 0 Å². The highest BCUT2D eigenvalue weighted by Gasteiger charge is 2.38. The van der Waals surface area contributed by atoms with Crippen molar-refractivity contribution in [2.45, 2.75) is 57.0 Å². The van der Waals surface area contributed by atoms with Gasteiger partial charge in [-0.15, -0.1) is 5.10 Å². The molecule has 0 unspecified atom stereocenters. The molecule has 3 N–H and O–H groups in total. The Labute approximate surface area is 192 Å². The van der Waals surface area contributed by atoms with Crippen LogP contribution in [0.5, 0.6) is 0 Å². The zero-order valence-corrected chi connectivity index (χ0v) is 18.7. The number of carbonyl (C=O) groups is 1. The Hall–Kier alpha value is -3.68. The van der Waals surface area contributed by atoms with Gasteiger partial charge in [0.1, 0.15) is 5.52 Å². The molecule has 2 aromatic carbocycles. The predicted octanol–water partition coefficient (Wildman–Crippen LogP) is 5.41. The van der Waals surface area contributed by atoms with Gasteiger partial charge in [-0.1, -0.05) is 48.4 Å². The van der Waals surface area contributed by atoms with E-state index in [-0.39, 0.29) is 5.54 Å². The number of rotatable bonds is 4. The van der Waals surface area contributed by atoms with Gasteiger partial charge in [0.25, 0.3) is 0 Å². The van der Waals surface area contributed by atoms with Crippen LogP contribution >= 0.6 is 0 Å². The highest BCUT2D eigenvalue weighted by atomic mass is 16.4. The van der Waals surface area contributed by atoms with Gasteiger partial charge in [0.05, 0.1) is 23.7 Å². The normalized spacial score (nSPS) is 16.9. The number of fused-ring (bicyclic) bond motifs is 1. The van der Waals surface area contributed by atoms with Crippen LogP contribution in [0.25, 0.3) is 33.4 Å². The third kappa shape index (κ3) is 4.74. The molecule has 2 aromatic heterocycles. The number of carboxylic acid groups (broad SMARTS) is 1. The standard InChI is InChI=1S/C20H19N5.C5H9NO2/c1-2-4-17(3-1)25-13-21-12-20(25)15-7-5-14(6-8-15)16-9-10-18-19(11-16)23-24-22-18;1-5(2-3-5)6-4(7)8/h5-13,17H,1-4H2,(H,22,23,24);6H,2-3H2,1H3,(H,7,8). The summed E-state index contributed by atoms with van der Waals surface area (Å²) in [7, 11) is 0. The molecular weight excluding hydrogens is 416 g/mol. The monoisotopic (exact) mass is 444 g/mol. The van der Waals surface area contributed by atoms with Crippen molar-refractivity contribution in [1.29, 1.82) is 0 Å². The van der Waals surface area contributed by atoms with Crippen molar-refractivity contribution in [3.8, 4) is 22.4 Å². The zero-order chi connectivity index (χ0) is 22.8. The number of benzene rings is 2. The number of imidazole rings is 1. The molecule has 2 saturated carbocycles. The summed E-state index contributed by atoms with van der Waals surface area (Å²) < 4.78 is 2.35. The molecule has 1 amide bonds. The third-order valence-electron chi connectivity index (χ3n) is 6.63. The summed E-state index contributed by atoms with van der Waals surface area (Å²) in [6.07, 6.45) is 10.2. The largest absolute Gasteiger partial charge is 0.465 e. The molecule has 170 valence electrons. The first-order valence-electron chi connectivity index (χ1n) is 11.5.